The second kappa shape index (κ2) is 7.73. The Bertz CT molecular complexity index is 789. The summed E-state index contributed by atoms with van der Waals surface area (Å²) in [5.41, 5.74) is 2.52. The van der Waals surface area contributed by atoms with E-state index in [-0.39, 0.29) is 17.0 Å². The fourth-order valence-electron chi connectivity index (χ4n) is 1.92. The molecule has 0 aliphatic rings. The van der Waals surface area contributed by atoms with Crippen molar-refractivity contribution in [1.82, 2.24) is 5.43 Å². The Morgan fingerprint density at radius 1 is 1.38 bits per heavy atom. The number of nitrogens with one attached hydrogen (secondary N) is 1. The van der Waals surface area contributed by atoms with Gasteiger partial charge in [0.25, 0.3) is 11.6 Å². The van der Waals surface area contributed by atoms with Gasteiger partial charge in [0.2, 0.25) is 0 Å². The summed E-state index contributed by atoms with van der Waals surface area (Å²) in [5.74, 6) is -0.264. The molecule has 0 aliphatic carbocycles. The average molecular weight is 329 g/mol. The Morgan fingerprint density at radius 3 is 2.83 bits per heavy atom. The summed E-state index contributed by atoms with van der Waals surface area (Å²) < 4.78 is 5.36. The quantitative estimate of drug-likeness (QED) is 0.480. The normalized spacial score (nSPS) is 10.5. The maximum atomic E-state index is 12.1. The van der Waals surface area contributed by atoms with Crippen LogP contribution in [-0.2, 0) is 0 Å². The van der Waals surface area contributed by atoms with Crippen LogP contribution in [0.15, 0.2) is 47.6 Å². The third-order valence-electron chi connectivity index (χ3n) is 3.02. The Morgan fingerprint density at radius 2 is 2.12 bits per heavy atom. The highest BCUT2D eigenvalue weighted by molar-refractivity contribution is 5.97. The van der Waals surface area contributed by atoms with Crippen LogP contribution in [0, 0.1) is 10.1 Å². The van der Waals surface area contributed by atoms with E-state index in [1.807, 2.05) is 0 Å². The standard InChI is InChI=1S/C16H15N3O5/c1-2-24-15-6-4-3-5-13(15)16(21)18-17-10-11-9-12(19(22)23)7-8-14(11)20/h3-10,20H,2H2,1H3,(H,18,21). The Balaban J connectivity index is 2.13. The number of phenolic OH excluding ortho intramolecular Hbond substituents is 1. The first-order chi connectivity index (χ1) is 11.5. The van der Waals surface area contributed by atoms with Crippen molar-refractivity contribution in [2.75, 3.05) is 6.61 Å². The van der Waals surface area contributed by atoms with Crippen LogP contribution in [0.3, 0.4) is 0 Å². The molecular formula is C16H15N3O5. The van der Waals surface area contributed by atoms with Crippen molar-refractivity contribution in [3.63, 3.8) is 0 Å². The molecule has 0 unspecified atom stereocenters. The number of carbonyl (C=O) groups is 1. The van der Waals surface area contributed by atoms with Gasteiger partial charge in [-0.2, -0.15) is 5.10 Å². The number of phenols is 1. The highest BCUT2D eigenvalue weighted by atomic mass is 16.6. The second-order valence-electron chi connectivity index (χ2n) is 4.63. The number of nitro benzene ring substituents is 1. The first-order valence-corrected chi connectivity index (χ1v) is 7.05. The Hall–Kier alpha value is -3.42. The molecule has 124 valence electrons. The molecule has 2 rings (SSSR count). The number of nitrogens with zero attached hydrogens (tertiary/aromatic N) is 2. The molecule has 8 heteroatoms. The minimum absolute atomic E-state index is 0.114. The van der Waals surface area contributed by atoms with E-state index in [9.17, 15) is 20.0 Å². The van der Waals surface area contributed by atoms with Crippen LogP contribution in [0.2, 0.25) is 0 Å². The van der Waals surface area contributed by atoms with Gasteiger partial charge in [0, 0.05) is 17.7 Å². The summed E-state index contributed by atoms with van der Waals surface area (Å²) in [6.45, 7) is 2.22. The van der Waals surface area contributed by atoms with Crippen LogP contribution < -0.4 is 10.2 Å². The van der Waals surface area contributed by atoms with Crippen LogP contribution in [-0.4, -0.2) is 28.8 Å². The zero-order valence-corrected chi connectivity index (χ0v) is 12.8. The van der Waals surface area contributed by atoms with Gasteiger partial charge >= 0.3 is 0 Å². The van der Waals surface area contributed by atoms with Gasteiger partial charge in [-0.25, -0.2) is 5.43 Å². The van der Waals surface area contributed by atoms with Crippen molar-refractivity contribution in [3.05, 3.63) is 63.7 Å². The van der Waals surface area contributed by atoms with Crippen molar-refractivity contribution in [1.29, 1.82) is 0 Å². The lowest BCUT2D eigenvalue weighted by Gasteiger charge is -2.08. The zero-order valence-electron chi connectivity index (χ0n) is 12.8. The van der Waals surface area contributed by atoms with Crippen molar-refractivity contribution >= 4 is 17.8 Å². The second-order valence-corrected chi connectivity index (χ2v) is 4.63. The average Bonchev–Trinajstić information content (AvgIpc) is 2.57. The van der Waals surface area contributed by atoms with Crippen LogP contribution in [0.5, 0.6) is 11.5 Å². The number of amides is 1. The van der Waals surface area contributed by atoms with Gasteiger partial charge in [-0.1, -0.05) is 12.1 Å². The van der Waals surface area contributed by atoms with E-state index in [0.717, 1.165) is 12.3 Å². The summed E-state index contributed by atoms with van der Waals surface area (Å²) in [4.78, 5) is 22.3. The minimum Gasteiger partial charge on any atom is -0.507 e. The van der Waals surface area contributed by atoms with Crippen molar-refractivity contribution in [2.45, 2.75) is 6.92 Å². The summed E-state index contributed by atoms with van der Waals surface area (Å²) in [6.07, 6.45) is 1.13. The maximum absolute atomic E-state index is 12.1. The topological polar surface area (TPSA) is 114 Å². The maximum Gasteiger partial charge on any atom is 0.275 e. The first-order valence-electron chi connectivity index (χ1n) is 7.05. The third kappa shape index (κ3) is 4.07. The minimum atomic E-state index is -0.590. The van der Waals surface area contributed by atoms with Gasteiger partial charge in [-0.15, -0.1) is 0 Å². The van der Waals surface area contributed by atoms with E-state index in [4.69, 9.17) is 4.74 Å². The molecule has 0 bridgehead atoms. The molecule has 0 aromatic heterocycles. The predicted octanol–water partition coefficient (Wildman–Crippen LogP) is 2.46. The molecule has 0 radical (unpaired) electrons. The number of benzene rings is 2. The van der Waals surface area contributed by atoms with Crippen LogP contribution in [0.4, 0.5) is 5.69 Å². The lowest BCUT2D eigenvalue weighted by molar-refractivity contribution is -0.384. The molecule has 2 aromatic rings. The molecule has 0 spiro atoms. The molecular weight excluding hydrogens is 314 g/mol. The molecule has 0 heterocycles. The summed E-state index contributed by atoms with van der Waals surface area (Å²) >= 11 is 0. The van der Waals surface area contributed by atoms with Crippen LogP contribution in [0.25, 0.3) is 0 Å². The van der Waals surface area contributed by atoms with Gasteiger partial charge in [-0.3, -0.25) is 14.9 Å². The number of aromatic hydroxyl groups is 1. The van der Waals surface area contributed by atoms with E-state index in [1.165, 1.54) is 12.1 Å². The van der Waals surface area contributed by atoms with E-state index in [2.05, 4.69) is 10.5 Å². The third-order valence-corrected chi connectivity index (χ3v) is 3.02. The van der Waals surface area contributed by atoms with Gasteiger partial charge in [0.15, 0.2) is 0 Å². The number of carbonyl (C=O) groups excluding carboxylic acids is 1. The van der Waals surface area contributed by atoms with Crippen molar-refractivity contribution in [2.24, 2.45) is 5.10 Å². The fourth-order valence-corrected chi connectivity index (χ4v) is 1.92. The summed E-state index contributed by atoms with van der Waals surface area (Å²) in [6, 6.07) is 10.2. The number of ether oxygens (including phenoxy) is 1. The molecule has 2 N–H and O–H groups in total. The molecule has 24 heavy (non-hydrogen) atoms. The molecule has 1 amide bonds. The first kappa shape index (κ1) is 16.9. The monoisotopic (exact) mass is 329 g/mol. The molecule has 0 atom stereocenters. The molecule has 0 aliphatic heterocycles. The van der Waals surface area contributed by atoms with Gasteiger partial charge in [-0.05, 0) is 25.1 Å². The van der Waals surface area contributed by atoms with E-state index in [1.54, 1.807) is 31.2 Å². The summed E-state index contributed by atoms with van der Waals surface area (Å²) in [7, 11) is 0. The smallest absolute Gasteiger partial charge is 0.275 e. The fraction of sp³-hybridized carbons (Fsp3) is 0.125. The van der Waals surface area contributed by atoms with Gasteiger partial charge < -0.3 is 9.84 Å². The number of hydrazone groups is 1. The number of para-hydroxylation sites is 1. The van der Waals surface area contributed by atoms with Crippen LogP contribution >= 0.6 is 0 Å². The van der Waals surface area contributed by atoms with E-state index < -0.39 is 10.8 Å². The van der Waals surface area contributed by atoms with Crippen LogP contribution in [0.1, 0.15) is 22.8 Å². The van der Waals surface area contributed by atoms with Gasteiger partial charge in [0.05, 0.1) is 23.3 Å². The predicted molar refractivity (Wildman–Crippen MR) is 87.4 cm³/mol. The zero-order chi connectivity index (χ0) is 17.5. The Kier molecular flexibility index (Phi) is 5.45. The molecule has 0 saturated carbocycles. The molecule has 0 fully saturated rings. The molecule has 0 saturated heterocycles. The highest BCUT2D eigenvalue weighted by Crippen LogP contribution is 2.21. The lowest BCUT2D eigenvalue weighted by Crippen LogP contribution is -2.18. The SMILES string of the molecule is CCOc1ccccc1C(=O)NN=Cc1cc([N+](=O)[O-])ccc1O. The number of non-ortho nitro benzene ring substituents is 1. The molecule has 8 nitrogen and oxygen atoms in total. The largest absolute Gasteiger partial charge is 0.507 e. The highest BCUT2D eigenvalue weighted by Gasteiger charge is 2.11. The van der Waals surface area contributed by atoms with Crippen molar-refractivity contribution < 1.29 is 19.6 Å². The number of hydrogen-bond acceptors (Lipinski definition) is 6. The number of hydrogen-bond donors (Lipinski definition) is 2. The lowest BCUT2D eigenvalue weighted by atomic mass is 10.2. The molecule has 2 aromatic carbocycles. The van der Waals surface area contributed by atoms with Crippen molar-refractivity contribution in [3.8, 4) is 11.5 Å². The Labute approximate surface area is 137 Å². The van der Waals surface area contributed by atoms with Gasteiger partial charge in [0.1, 0.15) is 11.5 Å². The van der Waals surface area contributed by atoms with E-state index in [0.29, 0.717) is 17.9 Å². The van der Waals surface area contributed by atoms with E-state index >= 15 is 0 Å². The number of nitro groups is 1. The summed E-state index contributed by atoms with van der Waals surface area (Å²) in [5, 5.41) is 24.1. The number of rotatable bonds is 6.